The van der Waals surface area contributed by atoms with Gasteiger partial charge in [0, 0.05) is 17.1 Å². The van der Waals surface area contributed by atoms with E-state index in [-0.39, 0.29) is 6.61 Å². The predicted molar refractivity (Wildman–Crippen MR) is 59.4 cm³/mol. The summed E-state index contributed by atoms with van der Waals surface area (Å²) >= 11 is 1.45. The van der Waals surface area contributed by atoms with Gasteiger partial charge in [-0.1, -0.05) is 6.58 Å². The average Bonchev–Trinajstić information content (AvgIpc) is 2.15. The SMILES string of the molecule is C=C(C)C(=O)OCCSCCO[SH](=O)=O. The fourth-order valence-corrected chi connectivity index (χ4v) is 1.56. The molecule has 0 atom stereocenters. The minimum Gasteiger partial charge on any atom is -0.461 e. The zero-order chi connectivity index (χ0) is 11.7. The van der Waals surface area contributed by atoms with Gasteiger partial charge in [-0.15, -0.1) is 0 Å². The molecule has 0 amide bonds. The molecule has 0 N–H and O–H groups in total. The summed E-state index contributed by atoms with van der Waals surface area (Å²) in [5.74, 6) is 0.751. The van der Waals surface area contributed by atoms with Crippen LogP contribution in [0.3, 0.4) is 0 Å². The van der Waals surface area contributed by atoms with E-state index in [9.17, 15) is 13.2 Å². The lowest BCUT2D eigenvalue weighted by molar-refractivity contribution is -0.138. The Hall–Kier alpha value is -0.530. The molecule has 0 saturated carbocycles. The van der Waals surface area contributed by atoms with Gasteiger partial charge in [0.05, 0.1) is 6.61 Å². The Balaban J connectivity index is 3.25. The highest BCUT2D eigenvalue weighted by Gasteiger charge is 2.01. The first-order valence-electron chi connectivity index (χ1n) is 4.21. The van der Waals surface area contributed by atoms with Crippen LogP contribution >= 0.6 is 11.8 Å². The molecule has 0 aromatic carbocycles. The summed E-state index contributed by atoms with van der Waals surface area (Å²) < 4.78 is 29.1. The van der Waals surface area contributed by atoms with E-state index >= 15 is 0 Å². The lowest BCUT2D eigenvalue weighted by Crippen LogP contribution is -2.08. The van der Waals surface area contributed by atoms with Crippen LogP contribution in [0.25, 0.3) is 0 Å². The van der Waals surface area contributed by atoms with E-state index in [0.717, 1.165) is 0 Å². The summed E-state index contributed by atoms with van der Waals surface area (Å²) in [4.78, 5) is 10.9. The molecule has 15 heavy (non-hydrogen) atoms. The third-order valence-corrected chi connectivity index (χ3v) is 2.54. The molecule has 0 unspecified atom stereocenters. The number of carbonyl (C=O) groups is 1. The zero-order valence-electron chi connectivity index (χ0n) is 8.43. The summed E-state index contributed by atoms with van der Waals surface area (Å²) in [5.41, 5.74) is 0.367. The highest BCUT2D eigenvalue weighted by Crippen LogP contribution is 2.00. The molecule has 0 spiro atoms. The van der Waals surface area contributed by atoms with Crippen molar-refractivity contribution < 1.29 is 22.1 Å². The monoisotopic (exact) mass is 254 g/mol. The van der Waals surface area contributed by atoms with E-state index in [1.807, 2.05) is 0 Å². The van der Waals surface area contributed by atoms with E-state index in [4.69, 9.17) is 4.74 Å². The van der Waals surface area contributed by atoms with Crippen molar-refractivity contribution >= 4 is 28.7 Å². The van der Waals surface area contributed by atoms with Crippen LogP contribution in [0, 0.1) is 0 Å². The standard InChI is InChI=1S/C8H14O5S2/c1-7(2)8(9)12-3-5-14-6-4-13-15(10)11/h15H,1,3-6H2,2H3. The third-order valence-electron chi connectivity index (χ3n) is 1.23. The Morgan fingerprint density at radius 3 is 2.47 bits per heavy atom. The normalized spacial score (nSPS) is 10.3. The third kappa shape index (κ3) is 9.77. The lowest BCUT2D eigenvalue weighted by Gasteiger charge is -2.03. The van der Waals surface area contributed by atoms with Crippen molar-refractivity contribution in [1.29, 1.82) is 0 Å². The molecule has 0 aliphatic heterocycles. The van der Waals surface area contributed by atoms with Crippen molar-refractivity contribution in [1.82, 2.24) is 0 Å². The minimum atomic E-state index is -2.75. The summed E-state index contributed by atoms with van der Waals surface area (Å²) in [6.07, 6.45) is 0. The van der Waals surface area contributed by atoms with Crippen molar-refractivity contribution in [3.63, 3.8) is 0 Å². The van der Waals surface area contributed by atoms with Crippen LogP contribution in [0.5, 0.6) is 0 Å². The first kappa shape index (κ1) is 14.5. The highest BCUT2D eigenvalue weighted by atomic mass is 32.2. The Bertz CT molecular complexity index is 277. The summed E-state index contributed by atoms with van der Waals surface area (Å²) in [6, 6.07) is 0. The number of esters is 1. The van der Waals surface area contributed by atoms with Gasteiger partial charge >= 0.3 is 5.97 Å². The lowest BCUT2D eigenvalue weighted by atomic mass is 10.4. The summed E-state index contributed by atoms with van der Waals surface area (Å²) in [7, 11) is -2.75. The smallest absolute Gasteiger partial charge is 0.333 e. The van der Waals surface area contributed by atoms with Crippen LogP contribution in [0.1, 0.15) is 6.92 Å². The molecule has 7 heteroatoms. The molecule has 0 bridgehead atoms. The maximum atomic E-state index is 10.9. The van der Waals surface area contributed by atoms with Gasteiger partial charge in [-0.2, -0.15) is 11.8 Å². The van der Waals surface area contributed by atoms with E-state index in [1.54, 1.807) is 6.92 Å². The molecular weight excluding hydrogens is 240 g/mol. The molecule has 5 nitrogen and oxygen atoms in total. The zero-order valence-corrected chi connectivity index (χ0v) is 10.1. The molecule has 0 aromatic heterocycles. The van der Waals surface area contributed by atoms with Gasteiger partial charge in [-0.05, 0) is 6.92 Å². The largest absolute Gasteiger partial charge is 0.461 e. The molecule has 0 saturated heterocycles. The van der Waals surface area contributed by atoms with E-state index in [2.05, 4.69) is 10.8 Å². The van der Waals surface area contributed by atoms with Gasteiger partial charge in [0.15, 0.2) is 0 Å². The molecule has 0 aliphatic rings. The maximum Gasteiger partial charge on any atom is 0.333 e. The second-order valence-corrected chi connectivity index (χ2v) is 4.52. The van der Waals surface area contributed by atoms with Crippen LogP contribution in [0.4, 0.5) is 0 Å². The number of hydrogen-bond acceptors (Lipinski definition) is 6. The van der Waals surface area contributed by atoms with Crippen LogP contribution in [0.2, 0.25) is 0 Å². The van der Waals surface area contributed by atoms with Gasteiger partial charge in [-0.25, -0.2) is 13.2 Å². The van der Waals surface area contributed by atoms with E-state index in [1.165, 1.54) is 11.8 Å². The van der Waals surface area contributed by atoms with Crippen molar-refractivity contribution in [2.45, 2.75) is 6.92 Å². The van der Waals surface area contributed by atoms with Crippen molar-refractivity contribution in [3.8, 4) is 0 Å². The minimum absolute atomic E-state index is 0.151. The van der Waals surface area contributed by atoms with E-state index in [0.29, 0.717) is 23.7 Å². The Morgan fingerprint density at radius 2 is 1.93 bits per heavy atom. The van der Waals surface area contributed by atoms with Gasteiger partial charge in [0.25, 0.3) is 11.0 Å². The molecule has 0 radical (unpaired) electrons. The molecule has 0 rings (SSSR count). The quantitative estimate of drug-likeness (QED) is 0.292. The number of carbonyl (C=O) groups excluding carboxylic acids is 1. The first-order valence-corrected chi connectivity index (χ1v) is 6.46. The van der Waals surface area contributed by atoms with E-state index < -0.39 is 17.0 Å². The van der Waals surface area contributed by atoms with Crippen LogP contribution in [0.15, 0.2) is 12.2 Å². The summed E-state index contributed by atoms with van der Waals surface area (Å²) in [5, 5.41) is 0. The highest BCUT2D eigenvalue weighted by molar-refractivity contribution is 7.99. The van der Waals surface area contributed by atoms with Gasteiger partial charge in [0.1, 0.15) is 6.61 Å². The Kier molecular flexibility index (Phi) is 8.44. The number of thiol groups is 1. The number of thioether (sulfide) groups is 1. The number of ether oxygens (including phenoxy) is 1. The topological polar surface area (TPSA) is 69.7 Å². The fourth-order valence-electron chi connectivity index (χ4n) is 0.589. The molecule has 88 valence electrons. The number of hydrogen-bond donors (Lipinski definition) is 1. The second-order valence-electron chi connectivity index (χ2n) is 2.59. The average molecular weight is 254 g/mol. The number of rotatable bonds is 8. The molecule has 0 aliphatic carbocycles. The van der Waals surface area contributed by atoms with Gasteiger partial charge < -0.3 is 4.74 Å². The maximum absolute atomic E-state index is 10.9. The predicted octanol–water partition coefficient (Wildman–Crippen LogP) is 0.382. The Morgan fingerprint density at radius 1 is 1.33 bits per heavy atom. The van der Waals surface area contributed by atoms with Gasteiger partial charge in [0.2, 0.25) is 0 Å². The first-order chi connectivity index (χ1) is 7.04. The summed E-state index contributed by atoms with van der Waals surface area (Å²) in [6.45, 7) is 5.45. The van der Waals surface area contributed by atoms with Crippen LogP contribution in [-0.2, 0) is 24.7 Å². The molecular formula is C8H14O5S2. The van der Waals surface area contributed by atoms with Crippen molar-refractivity contribution in [2.24, 2.45) is 0 Å². The molecule has 0 aromatic rings. The van der Waals surface area contributed by atoms with Crippen LogP contribution < -0.4 is 0 Å². The Labute approximate surface area is 95.0 Å². The van der Waals surface area contributed by atoms with Crippen molar-refractivity contribution in [2.75, 3.05) is 24.7 Å². The molecule has 0 heterocycles. The second kappa shape index (κ2) is 8.75. The van der Waals surface area contributed by atoms with Crippen molar-refractivity contribution in [3.05, 3.63) is 12.2 Å². The van der Waals surface area contributed by atoms with Crippen LogP contribution in [-0.4, -0.2) is 39.1 Å². The fraction of sp³-hybridized carbons (Fsp3) is 0.625. The molecule has 0 fully saturated rings. The van der Waals surface area contributed by atoms with Gasteiger partial charge in [-0.3, -0.25) is 4.18 Å².